The van der Waals surface area contributed by atoms with Crippen molar-refractivity contribution in [3.8, 4) is 0 Å². The Bertz CT molecular complexity index is 1270. The third-order valence-electron chi connectivity index (χ3n) is 5.00. The highest BCUT2D eigenvalue weighted by Gasteiger charge is 2.17. The second-order valence-corrected chi connectivity index (χ2v) is 7.74. The lowest BCUT2D eigenvalue weighted by Crippen LogP contribution is -2.37. The van der Waals surface area contributed by atoms with Crippen molar-refractivity contribution < 1.29 is 4.79 Å². The van der Waals surface area contributed by atoms with Gasteiger partial charge in [0.05, 0.1) is 35.6 Å². The number of aromatic nitrogens is 5. The fourth-order valence-electron chi connectivity index (χ4n) is 3.59. The van der Waals surface area contributed by atoms with Gasteiger partial charge in [0.15, 0.2) is 0 Å². The molecule has 0 aliphatic carbocycles. The Hall–Kier alpha value is -3.55. The number of fused-ring (bicyclic) bond motifs is 2. The summed E-state index contributed by atoms with van der Waals surface area (Å²) >= 11 is 0. The van der Waals surface area contributed by atoms with Crippen molar-refractivity contribution in [1.29, 1.82) is 0 Å². The van der Waals surface area contributed by atoms with Crippen LogP contribution in [-0.4, -0.2) is 36.7 Å². The van der Waals surface area contributed by atoms with Crippen LogP contribution in [0.3, 0.4) is 0 Å². The second kappa shape index (κ2) is 8.06. The van der Waals surface area contributed by atoms with E-state index in [1.165, 1.54) is 4.68 Å². The molecule has 0 fully saturated rings. The summed E-state index contributed by atoms with van der Waals surface area (Å²) in [5.74, 6) is -0.154. The first-order valence-corrected chi connectivity index (χ1v) is 10.0. The van der Waals surface area contributed by atoms with Crippen molar-refractivity contribution in [2.75, 3.05) is 0 Å². The molecule has 0 radical (unpaired) electrons. The Balaban J connectivity index is 1.53. The highest BCUT2D eigenvalue weighted by molar-refractivity contribution is 5.88. The number of benzene rings is 2. The fourth-order valence-corrected chi connectivity index (χ4v) is 3.59. The number of nitrogens with one attached hydrogen (secondary N) is 1. The van der Waals surface area contributed by atoms with Crippen molar-refractivity contribution in [2.45, 2.75) is 45.8 Å². The Morgan fingerprint density at radius 2 is 1.73 bits per heavy atom. The Labute approximate surface area is 173 Å². The maximum atomic E-state index is 12.7. The number of hydrogen-bond donors (Lipinski definition) is 1. The van der Waals surface area contributed by atoms with E-state index in [-0.39, 0.29) is 30.0 Å². The molecule has 0 unspecified atom stereocenters. The molecule has 2 heterocycles. The van der Waals surface area contributed by atoms with E-state index in [1.807, 2.05) is 63.2 Å². The van der Waals surface area contributed by atoms with Gasteiger partial charge in [-0.25, -0.2) is 9.36 Å². The van der Waals surface area contributed by atoms with Crippen molar-refractivity contribution in [3.63, 3.8) is 0 Å². The standard InChI is InChI=1S/C22H24N6O2/c1-14(2)28-22(30)17-9-5-4-8-16(17)19(25-28)12-21(29)23-15(3)13-27-20-11-7-6-10-18(20)24-26-27/h4-11,14-15H,12-13H2,1-3H3,(H,23,29)/t15-/m1/s1. The van der Waals surface area contributed by atoms with Gasteiger partial charge in [-0.05, 0) is 39.0 Å². The van der Waals surface area contributed by atoms with Crippen molar-refractivity contribution in [2.24, 2.45) is 0 Å². The van der Waals surface area contributed by atoms with Crippen LogP contribution in [-0.2, 0) is 17.8 Å². The summed E-state index contributed by atoms with van der Waals surface area (Å²) in [6, 6.07) is 14.8. The molecule has 0 spiro atoms. The number of para-hydroxylation sites is 1. The van der Waals surface area contributed by atoms with Crippen LogP contribution < -0.4 is 10.9 Å². The lowest BCUT2D eigenvalue weighted by atomic mass is 10.1. The van der Waals surface area contributed by atoms with E-state index in [0.29, 0.717) is 23.0 Å². The third-order valence-corrected chi connectivity index (χ3v) is 5.00. The molecule has 154 valence electrons. The minimum absolute atomic E-state index is 0.0932. The van der Waals surface area contributed by atoms with Gasteiger partial charge in [-0.2, -0.15) is 5.10 Å². The van der Waals surface area contributed by atoms with E-state index in [0.717, 1.165) is 11.0 Å². The van der Waals surface area contributed by atoms with Gasteiger partial charge in [0.1, 0.15) is 5.52 Å². The van der Waals surface area contributed by atoms with E-state index in [9.17, 15) is 9.59 Å². The first-order chi connectivity index (χ1) is 14.4. The smallest absolute Gasteiger partial charge is 0.274 e. The molecule has 1 N–H and O–H groups in total. The summed E-state index contributed by atoms with van der Waals surface area (Å²) in [6.45, 7) is 6.23. The lowest BCUT2D eigenvalue weighted by Gasteiger charge is -2.16. The first kappa shape index (κ1) is 19.8. The predicted molar refractivity (Wildman–Crippen MR) is 115 cm³/mol. The minimum Gasteiger partial charge on any atom is -0.351 e. The zero-order chi connectivity index (χ0) is 21.3. The maximum absolute atomic E-state index is 12.7. The molecule has 8 heteroatoms. The average molecular weight is 404 g/mol. The van der Waals surface area contributed by atoms with Crippen molar-refractivity contribution >= 4 is 27.7 Å². The zero-order valence-electron chi connectivity index (χ0n) is 17.2. The number of carbonyl (C=O) groups excluding carboxylic acids is 1. The molecule has 0 saturated heterocycles. The van der Waals surface area contributed by atoms with Crippen LogP contribution in [0.2, 0.25) is 0 Å². The highest BCUT2D eigenvalue weighted by Crippen LogP contribution is 2.15. The summed E-state index contributed by atoms with van der Waals surface area (Å²) < 4.78 is 3.22. The number of nitrogens with zero attached hydrogens (tertiary/aromatic N) is 5. The van der Waals surface area contributed by atoms with Gasteiger partial charge < -0.3 is 5.32 Å². The van der Waals surface area contributed by atoms with E-state index >= 15 is 0 Å². The van der Waals surface area contributed by atoms with Crippen LogP contribution in [0.15, 0.2) is 53.3 Å². The SMILES string of the molecule is CC(C)n1nc(CC(=O)N[C@H](C)Cn2nnc3ccccc32)c2ccccc2c1=O. The normalized spacial score (nSPS) is 12.5. The summed E-state index contributed by atoms with van der Waals surface area (Å²) in [5, 5.41) is 17.1. The number of amides is 1. The lowest BCUT2D eigenvalue weighted by molar-refractivity contribution is -0.121. The van der Waals surface area contributed by atoms with Crippen LogP contribution >= 0.6 is 0 Å². The van der Waals surface area contributed by atoms with Gasteiger partial charge >= 0.3 is 0 Å². The molecule has 0 aliphatic rings. The third kappa shape index (κ3) is 3.80. The molecule has 1 atom stereocenters. The van der Waals surface area contributed by atoms with Gasteiger partial charge in [0, 0.05) is 11.4 Å². The summed E-state index contributed by atoms with van der Waals surface area (Å²) in [7, 11) is 0. The Morgan fingerprint density at radius 3 is 2.50 bits per heavy atom. The topological polar surface area (TPSA) is 94.7 Å². The molecule has 0 saturated carbocycles. The summed E-state index contributed by atoms with van der Waals surface area (Å²) in [4.78, 5) is 25.4. The molecule has 0 bridgehead atoms. The maximum Gasteiger partial charge on any atom is 0.274 e. The zero-order valence-corrected chi connectivity index (χ0v) is 17.2. The largest absolute Gasteiger partial charge is 0.351 e. The Kier molecular flexibility index (Phi) is 5.31. The van der Waals surface area contributed by atoms with E-state index in [2.05, 4.69) is 20.7 Å². The van der Waals surface area contributed by atoms with Crippen molar-refractivity contribution in [1.82, 2.24) is 30.1 Å². The van der Waals surface area contributed by atoms with Crippen LogP contribution in [0, 0.1) is 0 Å². The van der Waals surface area contributed by atoms with E-state index in [4.69, 9.17) is 0 Å². The van der Waals surface area contributed by atoms with Gasteiger partial charge in [0.25, 0.3) is 5.56 Å². The number of hydrogen-bond acceptors (Lipinski definition) is 5. The molecule has 4 rings (SSSR count). The predicted octanol–water partition coefficient (Wildman–Crippen LogP) is 2.47. The monoisotopic (exact) mass is 404 g/mol. The fraction of sp³-hybridized carbons (Fsp3) is 0.318. The molecule has 8 nitrogen and oxygen atoms in total. The van der Waals surface area contributed by atoms with Crippen LogP contribution in [0.4, 0.5) is 0 Å². The summed E-state index contributed by atoms with van der Waals surface area (Å²) in [6.07, 6.45) is 0.0932. The number of carbonyl (C=O) groups is 1. The average Bonchev–Trinajstić information content (AvgIpc) is 3.12. The minimum atomic E-state index is -0.154. The van der Waals surface area contributed by atoms with Gasteiger partial charge in [-0.15, -0.1) is 5.10 Å². The molecule has 4 aromatic rings. The Morgan fingerprint density at radius 1 is 1.03 bits per heavy atom. The van der Waals surface area contributed by atoms with E-state index < -0.39 is 0 Å². The number of rotatable bonds is 6. The quantitative estimate of drug-likeness (QED) is 0.533. The molecule has 0 aliphatic heterocycles. The van der Waals surface area contributed by atoms with Gasteiger partial charge in [0.2, 0.25) is 5.91 Å². The highest BCUT2D eigenvalue weighted by atomic mass is 16.2. The van der Waals surface area contributed by atoms with Crippen molar-refractivity contribution in [3.05, 3.63) is 64.6 Å². The molecular formula is C22H24N6O2. The molecule has 30 heavy (non-hydrogen) atoms. The summed E-state index contributed by atoms with van der Waals surface area (Å²) in [5.41, 5.74) is 2.20. The first-order valence-electron chi connectivity index (χ1n) is 10.0. The molecule has 1 amide bonds. The van der Waals surface area contributed by atoms with Crippen LogP contribution in [0.25, 0.3) is 21.8 Å². The van der Waals surface area contributed by atoms with Gasteiger partial charge in [-0.3, -0.25) is 9.59 Å². The van der Waals surface area contributed by atoms with E-state index in [1.54, 1.807) is 10.7 Å². The molecule has 2 aromatic heterocycles. The second-order valence-electron chi connectivity index (χ2n) is 7.74. The van der Waals surface area contributed by atoms with Gasteiger partial charge in [-0.1, -0.05) is 35.5 Å². The van der Waals surface area contributed by atoms with Crippen LogP contribution in [0.1, 0.15) is 32.5 Å². The molecule has 2 aromatic carbocycles. The van der Waals surface area contributed by atoms with Crippen LogP contribution in [0.5, 0.6) is 0 Å². The molecular weight excluding hydrogens is 380 g/mol.